The first-order valence-corrected chi connectivity index (χ1v) is 13.9. The van der Waals surface area contributed by atoms with Crippen LogP contribution in [0.5, 0.6) is 11.5 Å². The molecule has 0 atom stereocenters. The molecule has 0 saturated carbocycles. The van der Waals surface area contributed by atoms with Crippen LogP contribution in [0.15, 0.2) is 81.0 Å². The fourth-order valence-corrected chi connectivity index (χ4v) is 5.61. The maximum atomic E-state index is 13.0. The molecule has 1 heterocycles. The summed E-state index contributed by atoms with van der Waals surface area (Å²) in [4.78, 5) is 26.8. The van der Waals surface area contributed by atoms with Crippen molar-refractivity contribution in [2.24, 2.45) is 0 Å². The number of benzene rings is 3. The highest BCUT2D eigenvalue weighted by Crippen LogP contribution is 2.35. The topological polar surface area (TPSA) is 90.0 Å². The second-order valence-corrected chi connectivity index (χ2v) is 11.4. The Balaban J connectivity index is 1.52. The number of hydrogen-bond donors (Lipinski definition) is 0. The van der Waals surface area contributed by atoms with Crippen molar-refractivity contribution >= 4 is 55.0 Å². The quantitative estimate of drug-likeness (QED) is 0.237. The molecule has 10 heteroatoms. The van der Waals surface area contributed by atoms with Crippen molar-refractivity contribution in [2.45, 2.75) is 18.7 Å². The van der Waals surface area contributed by atoms with Crippen LogP contribution in [-0.2, 0) is 14.9 Å². The van der Waals surface area contributed by atoms with Crippen molar-refractivity contribution in [3.8, 4) is 11.5 Å². The van der Waals surface area contributed by atoms with Gasteiger partial charge in [0.2, 0.25) is 0 Å². The highest BCUT2D eigenvalue weighted by molar-refractivity contribution is 9.10. The number of aryl methyl sites for hydroxylation is 2. The lowest BCUT2D eigenvalue weighted by Crippen LogP contribution is -2.32. The maximum absolute atomic E-state index is 13.0. The standard InChI is InChI=1S/C26H22BrNO6S2/c1-17-8-9-18(2)23(14-17)33-13-12-28-25(29)24(35-26(28)30)16-19-15-20(27)10-11-22(19)34-36(31,32)21-6-4-3-5-7-21/h3-11,14-16H,12-13H2,1-2H3/b24-16-. The lowest BCUT2D eigenvalue weighted by atomic mass is 10.1. The number of halogens is 1. The summed E-state index contributed by atoms with van der Waals surface area (Å²) in [6.07, 6.45) is 1.46. The van der Waals surface area contributed by atoms with E-state index in [0.29, 0.717) is 15.8 Å². The van der Waals surface area contributed by atoms with E-state index in [2.05, 4.69) is 15.9 Å². The minimum Gasteiger partial charge on any atom is -0.491 e. The minimum atomic E-state index is -4.09. The summed E-state index contributed by atoms with van der Waals surface area (Å²) < 4.78 is 37.3. The number of rotatable bonds is 8. The lowest BCUT2D eigenvalue weighted by Gasteiger charge is -2.14. The van der Waals surface area contributed by atoms with Crippen LogP contribution in [0.3, 0.4) is 0 Å². The molecule has 2 amide bonds. The SMILES string of the molecule is Cc1ccc(C)c(OCCN2C(=O)S/C(=C\c3cc(Br)ccc3OS(=O)(=O)c3ccccc3)C2=O)c1. The first-order chi connectivity index (χ1) is 17.1. The third kappa shape index (κ3) is 6.00. The molecule has 1 aliphatic rings. The molecule has 0 aliphatic carbocycles. The van der Waals surface area contributed by atoms with Crippen LogP contribution in [-0.4, -0.2) is 37.6 Å². The average molecular weight is 589 g/mol. The van der Waals surface area contributed by atoms with E-state index in [1.54, 1.807) is 30.3 Å². The van der Waals surface area contributed by atoms with Gasteiger partial charge in [0.05, 0.1) is 11.4 Å². The third-order valence-electron chi connectivity index (χ3n) is 5.28. The zero-order valence-corrected chi connectivity index (χ0v) is 22.7. The number of hydrogen-bond acceptors (Lipinski definition) is 7. The molecule has 0 spiro atoms. The Bertz CT molecular complexity index is 1450. The van der Waals surface area contributed by atoms with Gasteiger partial charge in [-0.3, -0.25) is 14.5 Å². The van der Waals surface area contributed by atoms with E-state index in [1.807, 2.05) is 32.0 Å². The minimum absolute atomic E-state index is 0.00281. The van der Waals surface area contributed by atoms with Crippen LogP contribution in [0, 0.1) is 13.8 Å². The third-order valence-corrected chi connectivity index (χ3v) is 7.93. The van der Waals surface area contributed by atoms with Gasteiger partial charge in [-0.25, -0.2) is 0 Å². The molecule has 0 bridgehead atoms. The van der Waals surface area contributed by atoms with E-state index in [0.717, 1.165) is 27.8 Å². The van der Waals surface area contributed by atoms with Crippen molar-refractivity contribution in [1.82, 2.24) is 4.90 Å². The van der Waals surface area contributed by atoms with Gasteiger partial charge in [-0.15, -0.1) is 0 Å². The van der Waals surface area contributed by atoms with E-state index >= 15 is 0 Å². The van der Waals surface area contributed by atoms with Crippen LogP contribution in [0.4, 0.5) is 4.79 Å². The van der Waals surface area contributed by atoms with Gasteiger partial charge in [0.1, 0.15) is 23.0 Å². The molecule has 36 heavy (non-hydrogen) atoms. The molecular formula is C26H22BrNO6S2. The molecule has 7 nitrogen and oxygen atoms in total. The van der Waals surface area contributed by atoms with Gasteiger partial charge in [-0.05, 0) is 79.2 Å². The van der Waals surface area contributed by atoms with Crippen molar-refractivity contribution < 1.29 is 26.9 Å². The van der Waals surface area contributed by atoms with Gasteiger partial charge in [0.25, 0.3) is 11.1 Å². The largest absolute Gasteiger partial charge is 0.491 e. The smallest absolute Gasteiger partial charge is 0.339 e. The highest BCUT2D eigenvalue weighted by atomic mass is 79.9. The molecule has 1 aliphatic heterocycles. The number of carbonyl (C=O) groups excluding carboxylic acids is 2. The molecular weight excluding hydrogens is 566 g/mol. The van der Waals surface area contributed by atoms with Gasteiger partial charge in [0, 0.05) is 10.0 Å². The molecule has 186 valence electrons. The maximum Gasteiger partial charge on any atom is 0.339 e. The van der Waals surface area contributed by atoms with Crippen molar-refractivity contribution in [3.63, 3.8) is 0 Å². The molecule has 0 aromatic heterocycles. The zero-order chi connectivity index (χ0) is 25.9. The van der Waals surface area contributed by atoms with Gasteiger partial charge in [-0.1, -0.05) is 46.3 Å². The summed E-state index contributed by atoms with van der Waals surface area (Å²) in [5.41, 5.74) is 2.34. The fourth-order valence-electron chi connectivity index (χ4n) is 3.41. The molecule has 0 N–H and O–H groups in total. The lowest BCUT2D eigenvalue weighted by molar-refractivity contribution is -0.123. The normalized spacial score (nSPS) is 15.0. The summed E-state index contributed by atoms with van der Waals surface area (Å²) in [6, 6.07) is 18.3. The van der Waals surface area contributed by atoms with Crippen LogP contribution in [0.1, 0.15) is 16.7 Å². The molecule has 0 radical (unpaired) electrons. The molecule has 0 unspecified atom stereocenters. The van der Waals surface area contributed by atoms with Crippen LogP contribution in [0.25, 0.3) is 6.08 Å². The molecule has 1 fully saturated rings. The predicted molar refractivity (Wildman–Crippen MR) is 142 cm³/mol. The van der Waals surface area contributed by atoms with Crippen LogP contribution in [0.2, 0.25) is 0 Å². The predicted octanol–water partition coefficient (Wildman–Crippen LogP) is 5.95. The Morgan fingerprint density at radius 1 is 0.972 bits per heavy atom. The van der Waals surface area contributed by atoms with Gasteiger partial charge < -0.3 is 8.92 Å². The fraction of sp³-hybridized carbons (Fsp3) is 0.154. The Labute approximate surface area is 222 Å². The first-order valence-electron chi connectivity index (χ1n) is 10.9. The second kappa shape index (κ2) is 10.9. The summed E-state index contributed by atoms with van der Waals surface area (Å²) in [5, 5.41) is -0.426. The van der Waals surface area contributed by atoms with Gasteiger partial charge >= 0.3 is 10.1 Å². The Hall–Kier alpha value is -3.08. The van der Waals surface area contributed by atoms with Crippen molar-refractivity contribution in [1.29, 1.82) is 0 Å². The van der Waals surface area contributed by atoms with E-state index in [-0.39, 0.29) is 28.7 Å². The number of imide groups is 1. The Kier molecular flexibility index (Phi) is 7.87. The summed E-state index contributed by atoms with van der Waals surface area (Å²) in [7, 11) is -4.09. The summed E-state index contributed by atoms with van der Waals surface area (Å²) >= 11 is 4.14. The van der Waals surface area contributed by atoms with Gasteiger partial charge in [-0.2, -0.15) is 8.42 Å². The first kappa shape index (κ1) is 26.0. The monoisotopic (exact) mass is 587 g/mol. The van der Waals surface area contributed by atoms with E-state index in [1.165, 1.54) is 24.3 Å². The van der Waals surface area contributed by atoms with Crippen molar-refractivity contribution in [2.75, 3.05) is 13.2 Å². The zero-order valence-electron chi connectivity index (χ0n) is 19.4. The molecule has 3 aromatic carbocycles. The average Bonchev–Trinajstić information content (AvgIpc) is 3.11. The number of nitrogens with zero attached hydrogens (tertiary/aromatic N) is 1. The molecule has 4 rings (SSSR count). The van der Waals surface area contributed by atoms with Gasteiger partial charge in [0.15, 0.2) is 0 Å². The summed E-state index contributed by atoms with van der Waals surface area (Å²) in [6.45, 7) is 4.11. The van der Waals surface area contributed by atoms with Crippen LogP contribution < -0.4 is 8.92 Å². The number of amides is 2. The number of ether oxygens (including phenoxy) is 1. The molecule has 3 aromatic rings. The number of carbonyl (C=O) groups is 2. The summed E-state index contributed by atoms with van der Waals surface area (Å²) in [5.74, 6) is 0.256. The van der Waals surface area contributed by atoms with E-state index < -0.39 is 21.3 Å². The Morgan fingerprint density at radius 3 is 2.47 bits per heavy atom. The highest BCUT2D eigenvalue weighted by Gasteiger charge is 2.35. The second-order valence-electron chi connectivity index (χ2n) is 7.98. The van der Waals surface area contributed by atoms with Crippen LogP contribution >= 0.6 is 27.7 Å². The van der Waals surface area contributed by atoms with E-state index in [4.69, 9.17) is 8.92 Å². The van der Waals surface area contributed by atoms with E-state index in [9.17, 15) is 18.0 Å². The number of thioether (sulfide) groups is 1. The molecule has 1 saturated heterocycles. The Morgan fingerprint density at radius 2 is 1.72 bits per heavy atom. The van der Waals surface area contributed by atoms with Crippen molar-refractivity contribution in [3.05, 3.63) is 92.8 Å².